The fraction of sp³-hybridized carbons (Fsp3) is 0.0714. The van der Waals surface area contributed by atoms with Crippen LogP contribution in [0.15, 0.2) is 53.7 Å². The summed E-state index contributed by atoms with van der Waals surface area (Å²) in [6.45, 7) is 0. The van der Waals surface area contributed by atoms with Crippen LogP contribution in [0.5, 0.6) is 5.75 Å². The number of benzene rings is 2. The molecule has 0 fully saturated rings. The van der Waals surface area contributed by atoms with Crippen LogP contribution < -0.4 is 10.5 Å². The standard InChI is InChI=1S/C14H14N2O2/c1-18-11-8-6-10(7-9-11)14(16-17)12-4-2-3-5-13(12)15/h2-9,17H,15H2,1H3. The van der Waals surface area contributed by atoms with Gasteiger partial charge in [-0.25, -0.2) is 0 Å². The highest BCUT2D eigenvalue weighted by Gasteiger charge is 2.10. The van der Waals surface area contributed by atoms with E-state index in [9.17, 15) is 5.21 Å². The molecule has 2 rings (SSSR count). The number of ether oxygens (including phenoxy) is 1. The highest BCUT2D eigenvalue weighted by Crippen LogP contribution is 2.19. The van der Waals surface area contributed by atoms with Crippen molar-refractivity contribution in [3.8, 4) is 5.75 Å². The number of anilines is 1. The second-order valence-electron chi connectivity index (χ2n) is 3.76. The van der Waals surface area contributed by atoms with E-state index in [0.29, 0.717) is 17.0 Å². The second-order valence-corrected chi connectivity index (χ2v) is 3.76. The van der Waals surface area contributed by atoms with Gasteiger partial charge in [-0.1, -0.05) is 23.4 Å². The number of nitrogens with two attached hydrogens (primary N) is 1. The lowest BCUT2D eigenvalue weighted by Gasteiger charge is -2.08. The van der Waals surface area contributed by atoms with Crippen LogP contribution in [0.2, 0.25) is 0 Å². The lowest BCUT2D eigenvalue weighted by atomic mass is 10.0. The first-order chi connectivity index (χ1) is 8.76. The Morgan fingerprint density at radius 1 is 1.11 bits per heavy atom. The van der Waals surface area contributed by atoms with Crippen molar-refractivity contribution in [1.82, 2.24) is 0 Å². The molecule has 0 spiro atoms. The number of hydrogen-bond acceptors (Lipinski definition) is 4. The molecule has 3 N–H and O–H groups in total. The van der Waals surface area contributed by atoms with Crippen molar-refractivity contribution >= 4 is 11.4 Å². The maximum absolute atomic E-state index is 9.18. The van der Waals surface area contributed by atoms with E-state index in [-0.39, 0.29) is 0 Å². The number of methoxy groups -OCH3 is 1. The van der Waals surface area contributed by atoms with Gasteiger partial charge in [0.1, 0.15) is 11.5 Å². The SMILES string of the molecule is COc1ccc(C(=NO)c2ccccc2N)cc1. The molecule has 4 heteroatoms. The van der Waals surface area contributed by atoms with Crippen LogP contribution in [0.4, 0.5) is 5.69 Å². The van der Waals surface area contributed by atoms with Crippen LogP contribution in [-0.4, -0.2) is 18.0 Å². The van der Waals surface area contributed by atoms with E-state index >= 15 is 0 Å². The van der Waals surface area contributed by atoms with Gasteiger partial charge in [0, 0.05) is 16.8 Å². The van der Waals surface area contributed by atoms with Crippen molar-refractivity contribution in [2.24, 2.45) is 5.16 Å². The zero-order chi connectivity index (χ0) is 13.0. The minimum Gasteiger partial charge on any atom is -0.497 e. The summed E-state index contributed by atoms with van der Waals surface area (Å²) in [4.78, 5) is 0. The van der Waals surface area contributed by atoms with Gasteiger partial charge in [-0.3, -0.25) is 0 Å². The van der Waals surface area contributed by atoms with Crippen molar-refractivity contribution in [2.45, 2.75) is 0 Å². The highest BCUT2D eigenvalue weighted by molar-refractivity contribution is 6.15. The van der Waals surface area contributed by atoms with E-state index in [1.807, 2.05) is 30.3 Å². The number of oxime groups is 1. The van der Waals surface area contributed by atoms with Gasteiger partial charge < -0.3 is 15.7 Å². The lowest BCUT2D eigenvalue weighted by molar-refractivity contribution is 0.319. The van der Waals surface area contributed by atoms with Crippen LogP contribution in [0.3, 0.4) is 0 Å². The Balaban J connectivity index is 2.43. The zero-order valence-electron chi connectivity index (χ0n) is 10.00. The fourth-order valence-corrected chi connectivity index (χ4v) is 1.73. The fourth-order valence-electron chi connectivity index (χ4n) is 1.73. The Morgan fingerprint density at radius 3 is 2.33 bits per heavy atom. The summed E-state index contributed by atoms with van der Waals surface area (Å²) >= 11 is 0. The lowest BCUT2D eigenvalue weighted by Crippen LogP contribution is -2.06. The van der Waals surface area contributed by atoms with Crippen molar-refractivity contribution in [1.29, 1.82) is 0 Å². The molecule has 0 saturated carbocycles. The van der Waals surface area contributed by atoms with Crippen LogP contribution in [0.25, 0.3) is 0 Å². The zero-order valence-corrected chi connectivity index (χ0v) is 10.00. The van der Waals surface area contributed by atoms with Gasteiger partial charge in [-0.2, -0.15) is 0 Å². The monoisotopic (exact) mass is 242 g/mol. The van der Waals surface area contributed by atoms with Gasteiger partial charge in [0.05, 0.1) is 7.11 Å². The third-order valence-electron chi connectivity index (χ3n) is 2.68. The van der Waals surface area contributed by atoms with E-state index in [0.717, 1.165) is 11.3 Å². The second kappa shape index (κ2) is 5.23. The van der Waals surface area contributed by atoms with E-state index in [4.69, 9.17) is 10.5 Å². The Kier molecular flexibility index (Phi) is 3.48. The van der Waals surface area contributed by atoms with E-state index in [1.54, 1.807) is 25.3 Å². The Bertz CT molecular complexity index is 562. The molecule has 0 bridgehead atoms. The van der Waals surface area contributed by atoms with Crippen LogP contribution in [0.1, 0.15) is 11.1 Å². The first kappa shape index (κ1) is 12.0. The normalized spacial score (nSPS) is 11.3. The van der Waals surface area contributed by atoms with Gasteiger partial charge in [-0.05, 0) is 30.3 Å². The molecular weight excluding hydrogens is 228 g/mol. The summed E-state index contributed by atoms with van der Waals surface area (Å²) in [6, 6.07) is 14.5. The summed E-state index contributed by atoms with van der Waals surface area (Å²) in [7, 11) is 1.60. The number of nitrogen functional groups attached to an aromatic ring is 1. The first-order valence-corrected chi connectivity index (χ1v) is 5.47. The Labute approximate surface area is 105 Å². The molecule has 18 heavy (non-hydrogen) atoms. The van der Waals surface area contributed by atoms with Crippen molar-refractivity contribution < 1.29 is 9.94 Å². The molecular formula is C14H14N2O2. The summed E-state index contributed by atoms with van der Waals surface area (Å²) in [5, 5.41) is 12.5. The summed E-state index contributed by atoms with van der Waals surface area (Å²) in [5.74, 6) is 0.747. The van der Waals surface area contributed by atoms with Crippen LogP contribution in [0, 0.1) is 0 Å². The molecule has 2 aromatic rings. The molecule has 2 aromatic carbocycles. The molecule has 0 aliphatic heterocycles. The predicted molar refractivity (Wildman–Crippen MR) is 71.3 cm³/mol. The Hall–Kier alpha value is -2.49. The molecule has 0 amide bonds. The third kappa shape index (κ3) is 2.27. The van der Waals surface area contributed by atoms with Crippen molar-refractivity contribution in [3.05, 3.63) is 59.7 Å². The third-order valence-corrected chi connectivity index (χ3v) is 2.68. The maximum atomic E-state index is 9.18. The summed E-state index contributed by atoms with van der Waals surface area (Å²) < 4.78 is 5.08. The van der Waals surface area contributed by atoms with E-state index in [1.165, 1.54) is 0 Å². The summed E-state index contributed by atoms with van der Waals surface area (Å²) in [6.07, 6.45) is 0. The van der Waals surface area contributed by atoms with Gasteiger partial charge in [0.15, 0.2) is 0 Å². The Morgan fingerprint density at radius 2 is 1.78 bits per heavy atom. The van der Waals surface area contributed by atoms with E-state index < -0.39 is 0 Å². The highest BCUT2D eigenvalue weighted by atomic mass is 16.5. The molecule has 0 unspecified atom stereocenters. The average Bonchev–Trinajstić information content (AvgIpc) is 2.42. The largest absolute Gasteiger partial charge is 0.497 e. The molecule has 0 saturated heterocycles. The molecule has 0 aliphatic carbocycles. The predicted octanol–water partition coefficient (Wildman–Crippen LogP) is 2.50. The van der Waals surface area contributed by atoms with Crippen LogP contribution in [-0.2, 0) is 0 Å². The number of rotatable bonds is 3. The van der Waals surface area contributed by atoms with Crippen molar-refractivity contribution in [2.75, 3.05) is 12.8 Å². The molecule has 92 valence electrons. The molecule has 0 aliphatic rings. The van der Waals surface area contributed by atoms with Gasteiger partial charge >= 0.3 is 0 Å². The molecule has 0 heterocycles. The van der Waals surface area contributed by atoms with E-state index in [2.05, 4.69) is 5.16 Å². The molecule has 4 nitrogen and oxygen atoms in total. The van der Waals surface area contributed by atoms with Gasteiger partial charge in [0.2, 0.25) is 0 Å². The minimum absolute atomic E-state index is 0.441. The smallest absolute Gasteiger partial charge is 0.119 e. The maximum Gasteiger partial charge on any atom is 0.119 e. The summed E-state index contributed by atoms with van der Waals surface area (Å²) in [5.41, 5.74) is 8.36. The van der Waals surface area contributed by atoms with Crippen LogP contribution >= 0.6 is 0 Å². The topological polar surface area (TPSA) is 67.8 Å². The van der Waals surface area contributed by atoms with Gasteiger partial charge in [0.25, 0.3) is 0 Å². The number of nitrogens with zero attached hydrogens (tertiary/aromatic N) is 1. The molecule has 0 atom stereocenters. The minimum atomic E-state index is 0.441. The first-order valence-electron chi connectivity index (χ1n) is 5.47. The van der Waals surface area contributed by atoms with Gasteiger partial charge in [-0.15, -0.1) is 0 Å². The number of hydrogen-bond donors (Lipinski definition) is 2. The average molecular weight is 242 g/mol. The molecule has 0 radical (unpaired) electrons. The van der Waals surface area contributed by atoms with Crippen molar-refractivity contribution in [3.63, 3.8) is 0 Å². The molecule has 0 aromatic heterocycles. The number of para-hydroxylation sites is 1. The quantitative estimate of drug-likeness (QED) is 0.376.